The van der Waals surface area contributed by atoms with Crippen LogP contribution in [0.3, 0.4) is 0 Å². The Labute approximate surface area is 151 Å². The Bertz CT molecular complexity index is 751. The highest BCUT2D eigenvalue weighted by atomic mass is 35.5. The third-order valence-electron chi connectivity index (χ3n) is 4.47. The molecule has 2 aromatic rings. The first-order valence-corrected chi connectivity index (χ1v) is 8.10. The maximum absolute atomic E-state index is 12.3. The van der Waals surface area contributed by atoms with E-state index in [1.807, 2.05) is 0 Å². The Morgan fingerprint density at radius 1 is 1.16 bits per heavy atom. The molecule has 0 saturated carbocycles. The molecule has 7 nitrogen and oxygen atoms in total. The van der Waals surface area contributed by atoms with Gasteiger partial charge in [0.25, 0.3) is 11.8 Å². The predicted molar refractivity (Wildman–Crippen MR) is 92.4 cm³/mol. The number of carbonyl (C=O) groups is 2. The van der Waals surface area contributed by atoms with Gasteiger partial charge in [0.1, 0.15) is 5.76 Å². The van der Waals surface area contributed by atoms with E-state index in [0.717, 1.165) is 36.8 Å². The Balaban J connectivity index is 0.00000182. The summed E-state index contributed by atoms with van der Waals surface area (Å²) in [6.45, 7) is 2.18. The van der Waals surface area contributed by atoms with Gasteiger partial charge in [-0.3, -0.25) is 9.59 Å². The molecule has 4 rings (SSSR count). The van der Waals surface area contributed by atoms with E-state index in [9.17, 15) is 9.59 Å². The van der Waals surface area contributed by atoms with Crippen LogP contribution in [0, 0.1) is 0 Å². The first-order chi connectivity index (χ1) is 11.7. The molecule has 2 amide bonds. The maximum atomic E-state index is 12.3. The van der Waals surface area contributed by atoms with E-state index in [1.165, 1.54) is 0 Å². The molecule has 0 unspecified atom stereocenters. The van der Waals surface area contributed by atoms with Crippen molar-refractivity contribution in [3.8, 4) is 0 Å². The number of nitrogens with zero attached hydrogens (tertiary/aromatic N) is 2. The fourth-order valence-electron chi connectivity index (χ4n) is 3.15. The maximum Gasteiger partial charge on any atom is 0.276 e. The van der Waals surface area contributed by atoms with Crippen LogP contribution in [0.4, 0.5) is 0 Å². The van der Waals surface area contributed by atoms with Gasteiger partial charge in [0.2, 0.25) is 0 Å². The molecule has 8 heteroatoms. The minimum atomic E-state index is -0.339. The fraction of sp³-hybridized carbons (Fsp3) is 0.353. The molecule has 0 spiro atoms. The zero-order chi connectivity index (χ0) is 16.5. The van der Waals surface area contributed by atoms with E-state index in [0.29, 0.717) is 22.8 Å². The average molecular weight is 363 g/mol. The quantitative estimate of drug-likeness (QED) is 0.807. The number of imide groups is 1. The van der Waals surface area contributed by atoms with E-state index in [2.05, 4.69) is 15.7 Å². The molecule has 25 heavy (non-hydrogen) atoms. The van der Waals surface area contributed by atoms with Gasteiger partial charge in [-0.2, -0.15) is 0 Å². The summed E-state index contributed by atoms with van der Waals surface area (Å²) >= 11 is 0. The van der Waals surface area contributed by atoms with Gasteiger partial charge in [0.15, 0.2) is 5.89 Å². The Morgan fingerprint density at radius 2 is 1.80 bits per heavy atom. The van der Waals surface area contributed by atoms with Gasteiger partial charge in [0.05, 0.1) is 23.9 Å². The average Bonchev–Trinajstić information content (AvgIpc) is 3.19. The summed E-state index contributed by atoms with van der Waals surface area (Å²) in [7, 11) is 0. The third-order valence-corrected chi connectivity index (χ3v) is 4.47. The second-order valence-corrected chi connectivity index (χ2v) is 6.02. The lowest BCUT2D eigenvalue weighted by Gasteiger charge is -2.19. The topological polar surface area (TPSA) is 87.5 Å². The van der Waals surface area contributed by atoms with Crippen molar-refractivity contribution < 1.29 is 14.0 Å². The highest BCUT2D eigenvalue weighted by Gasteiger charge is 2.35. The second kappa shape index (κ2) is 7.35. The first-order valence-electron chi connectivity index (χ1n) is 8.10. The van der Waals surface area contributed by atoms with Gasteiger partial charge in [-0.05, 0) is 38.1 Å². The summed E-state index contributed by atoms with van der Waals surface area (Å²) in [5.41, 5.74) is 3.69. The number of amides is 2. The SMILES string of the molecule is Cl.O=C1c2ccccc2C(=O)N1NCc1cnc(C2CCNCC2)o1. The van der Waals surface area contributed by atoms with Crippen molar-refractivity contribution in [3.63, 3.8) is 0 Å². The first kappa shape index (κ1) is 17.6. The molecule has 0 radical (unpaired) electrons. The lowest BCUT2D eigenvalue weighted by atomic mass is 9.98. The molecule has 0 bridgehead atoms. The summed E-state index contributed by atoms with van der Waals surface area (Å²) < 4.78 is 5.78. The van der Waals surface area contributed by atoms with Crippen molar-refractivity contribution in [3.05, 3.63) is 53.2 Å². The fourth-order valence-corrected chi connectivity index (χ4v) is 3.15. The van der Waals surface area contributed by atoms with Gasteiger partial charge in [-0.1, -0.05) is 12.1 Å². The zero-order valence-electron chi connectivity index (χ0n) is 13.5. The number of oxazole rings is 1. The minimum absolute atomic E-state index is 0. The molecule has 1 fully saturated rings. The van der Waals surface area contributed by atoms with Crippen molar-refractivity contribution in [1.82, 2.24) is 20.7 Å². The number of nitrogens with one attached hydrogen (secondary N) is 2. The van der Waals surface area contributed by atoms with Crippen LogP contribution in [-0.4, -0.2) is 34.9 Å². The van der Waals surface area contributed by atoms with Crippen LogP contribution in [0.1, 0.15) is 51.1 Å². The van der Waals surface area contributed by atoms with Crippen molar-refractivity contribution in [2.24, 2.45) is 0 Å². The lowest BCUT2D eigenvalue weighted by Crippen LogP contribution is -2.41. The van der Waals surface area contributed by atoms with E-state index in [-0.39, 0.29) is 30.8 Å². The summed E-state index contributed by atoms with van der Waals surface area (Å²) in [4.78, 5) is 28.9. The molecule has 1 aromatic heterocycles. The normalized spacial score (nSPS) is 17.5. The van der Waals surface area contributed by atoms with Crippen LogP contribution in [-0.2, 0) is 6.54 Å². The van der Waals surface area contributed by atoms with Crippen molar-refractivity contribution in [2.75, 3.05) is 13.1 Å². The summed E-state index contributed by atoms with van der Waals surface area (Å²) in [5.74, 6) is 0.998. The van der Waals surface area contributed by atoms with Gasteiger partial charge >= 0.3 is 0 Å². The van der Waals surface area contributed by atoms with Crippen molar-refractivity contribution >= 4 is 24.2 Å². The summed E-state index contributed by atoms with van der Waals surface area (Å²) in [6, 6.07) is 6.80. The lowest BCUT2D eigenvalue weighted by molar-refractivity contribution is 0.0557. The Hall–Kier alpha value is -2.22. The van der Waals surface area contributed by atoms with E-state index in [4.69, 9.17) is 4.42 Å². The van der Waals surface area contributed by atoms with E-state index >= 15 is 0 Å². The number of hydrogen-bond acceptors (Lipinski definition) is 6. The smallest absolute Gasteiger partial charge is 0.276 e. The monoisotopic (exact) mass is 362 g/mol. The van der Waals surface area contributed by atoms with Crippen molar-refractivity contribution in [2.45, 2.75) is 25.3 Å². The molecule has 0 atom stereocenters. The Kier molecular flexibility index (Phi) is 5.17. The molecule has 1 saturated heterocycles. The van der Waals surface area contributed by atoms with Gasteiger partial charge in [-0.15, -0.1) is 12.4 Å². The van der Waals surface area contributed by atoms with Crippen LogP contribution in [0.5, 0.6) is 0 Å². The molecule has 0 aliphatic carbocycles. The largest absolute Gasteiger partial charge is 0.444 e. The molecule has 2 aliphatic rings. The highest BCUT2D eigenvalue weighted by molar-refractivity contribution is 6.20. The number of halogens is 1. The summed E-state index contributed by atoms with van der Waals surface area (Å²) in [5, 5.41) is 4.35. The summed E-state index contributed by atoms with van der Waals surface area (Å²) in [6.07, 6.45) is 3.67. The molecule has 2 aliphatic heterocycles. The number of piperidine rings is 1. The number of hydrogen-bond donors (Lipinski definition) is 2. The molecule has 3 heterocycles. The van der Waals surface area contributed by atoms with Gasteiger partial charge in [0, 0.05) is 5.92 Å². The number of hydrazine groups is 1. The van der Waals surface area contributed by atoms with Crippen LogP contribution >= 0.6 is 12.4 Å². The van der Waals surface area contributed by atoms with Crippen molar-refractivity contribution in [1.29, 1.82) is 0 Å². The van der Waals surface area contributed by atoms with Crippen LogP contribution in [0.25, 0.3) is 0 Å². The second-order valence-electron chi connectivity index (χ2n) is 6.02. The number of carbonyl (C=O) groups excluding carboxylic acids is 2. The Morgan fingerprint density at radius 3 is 2.44 bits per heavy atom. The number of fused-ring (bicyclic) bond motifs is 1. The standard InChI is InChI=1S/C17H18N4O3.ClH/c22-16-13-3-1-2-4-14(13)17(23)21(16)20-10-12-9-19-15(24-12)11-5-7-18-8-6-11;/h1-4,9,11,18,20H,5-8,10H2;1H. The molecule has 1 aromatic carbocycles. The minimum Gasteiger partial charge on any atom is -0.444 e. The molecule has 132 valence electrons. The van der Waals surface area contributed by atoms with E-state index < -0.39 is 0 Å². The van der Waals surface area contributed by atoms with Crippen LogP contribution in [0.15, 0.2) is 34.9 Å². The molecular weight excluding hydrogens is 344 g/mol. The van der Waals surface area contributed by atoms with Gasteiger partial charge < -0.3 is 9.73 Å². The number of benzene rings is 1. The number of rotatable bonds is 4. The molecular formula is C17H19ClN4O3. The zero-order valence-corrected chi connectivity index (χ0v) is 14.3. The van der Waals surface area contributed by atoms with Crippen LogP contribution < -0.4 is 10.7 Å². The number of aromatic nitrogens is 1. The van der Waals surface area contributed by atoms with E-state index in [1.54, 1.807) is 30.5 Å². The highest BCUT2D eigenvalue weighted by Crippen LogP contribution is 2.25. The van der Waals surface area contributed by atoms with Crippen LogP contribution in [0.2, 0.25) is 0 Å². The molecule has 2 N–H and O–H groups in total. The predicted octanol–water partition coefficient (Wildman–Crippen LogP) is 1.86. The van der Waals surface area contributed by atoms with Gasteiger partial charge in [-0.25, -0.2) is 15.4 Å². The third kappa shape index (κ3) is 3.30.